The first-order valence-corrected chi connectivity index (χ1v) is 3.25. The Morgan fingerprint density at radius 1 is 1.75 bits per heavy atom. The zero-order valence-electron chi connectivity index (χ0n) is 5.02. The van der Waals surface area contributed by atoms with Crippen LogP contribution >= 0.6 is 15.9 Å². The van der Waals surface area contributed by atoms with Crippen molar-refractivity contribution in [1.29, 1.82) is 0 Å². The molecule has 1 nitrogen and oxygen atoms in total. The third-order valence-electron chi connectivity index (χ3n) is 0.707. The Morgan fingerprint density at radius 2 is 2.25 bits per heavy atom. The fraction of sp³-hybridized carbons (Fsp3) is 0.500. The molecular formula is C6H9BrO. The lowest BCUT2D eigenvalue weighted by Gasteiger charge is -1.90. The van der Waals surface area contributed by atoms with Gasteiger partial charge in [-0.1, -0.05) is 28.9 Å². The Labute approximate surface area is 57.9 Å². The third-order valence-corrected chi connectivity index (χ3v) is 0.972. The number of halogens is 1. The van der Waals surface area contributed by atoms with Crippen molar-refractivity contribution in [3.8, 4) is 0 Å². The smallest absolute Gasteiger partial charge is 0.126 e. The van der Waals surface area contributed by atoms with Gasteiger partial charge >= 0.3 is 0 Å². The molecule has 0 aliphatic heterocycles. The monoisotopic (exact) mass is 176 g/mol. The second-order valence-corrected chi connectivity index (χ2v) is 3.00. The van der Waals surface area contributed by atoms with Gasteiger partial charge in [0.15, 0.2) is 0 Å². The van der Waals surface area contributed by atoms with Gasteiger partial charge in [0, 0.05) is 5.92 Å². The van der Waals surface area contributed by atoms with Crippen LogP contribution in [-0.4, -0.2) is 6.29 Å². The highest BCUT2D eigenvalue weighted by Crippen LogP contribution is 2.05. The predicted octanol–water partition coefficient (Wildman–Crippen LogP) is 2.12. The molecule has 0 fully saturated rings. The van der Waals surface area contributed by atoms with Crippen molar-refractivity contribution in [2.24, 2.45) is 5.92 Å². The van der Waals surface area contributed by atoms with E-state index in [1.54, 1.807) is 0 Å². The Hall–Kier alpha value is -0.110. The van der Waals surface area contributed by atoms with Crippen LogP contribution in [-0.2, 0) is 4.79 Å². The van der Waals surface area contributed by atoms with Crippen LogP contribution in [0.15, 0.2) is 10.6 Å². The van der Waals surface area contributed by atoms with E-state index in [1.807, 2.05) is 19.9 Å². The van der Waals surface area contributed by atoms with Crippen LogP contribution in [0, 0.1) is 5.92 Å². The van der Waals surface area contributed by atoms with Crippen molar-refractivity contribution in [1.82, 2.24) is 0 Å². The maximum Gasteiger partial charge on any atom is 0.126 e. The van der Waals surface area contributed by atoms with Crippen molar-refractivity contribution in [3.05, 3.63) is 10.6 Å². The van der Waals surface area contributed by atoms with Gasteiger partial charge in [0.25, 0.3) is 0 Å². The van der Waals surface area contributed by atoms with Gasteiger partial charge in [-0.05, 0) is 11.4 Å². The van der Waals surface area contributed by atoms with E-state index >= 15 is 0 Å². The summed E-state index contributed by atoms with van der Waals surface area (Å²) >= 11 is 3.22. The summed E-state index contributed by atoms with van der Waals surface area (Å²) in [6.07, 6.45) is 2.76. The van der Waals surface area contributed by atoms with E-state index in [2.05, 4.69) is 15.9 Å². The standard InChI is InChI=1S/C6H9BrO/c1-5(4-8)3-6(2)7/h3-5H,1-2H3/b6-3-/t5-/m1/s1. The Kier molecular flexibility index (Phi) is 3.79. The van der Waals surface area contributed by atoms with E-state index in [9.17, 15) is 4.79 Å². The number of allylic oxidation sites excluding steroid dienone is 2. The van der Waals surface area contributed by atoms with E-state index < -0.39 is 0 Å². The van der Waals surface area contributed by atoms with Gasteiger partial charge in [-0.25, -0.2) is 0 Å². The van der Waals surface area contributed by atoms with Crippen LogP contribution in [0.5, 0.6) is 0 Å². The van der Waals surface area contributed by atoms with E-state index in [-0.39, 0.29) is 5.92 Å². The number of hydrogen-bond donors (Lipinski definition) is 0. The summed E-state index contributed by atoms with van der Waals surface area (Å²) in [5.41, 5.74) is 0. The van der Waals surface area contributed by atoms with Crippen LogP contribution in [0.2, 0.25) is 0 Å². The minimum Gasteiger partial charge on any atom is -0.303 e. The quantitative estimate of drug-likeness (QED) is 0.590. The molecule has 0 bridgehead atoms. The molecule has 0 saturated heterocycles. The lowest BCUT2D eigenvalue weighted by molar-refractivity contribution is -0.109. The normalized spacial score (nSPS) is 15.6. The zero-order valence-corrected chi connectivity index (χ0v) is 6.60. The first kappa shape index (κ1) is 7.89. The molecule has 0 heterocycles. The average Bonchev–Trinajstić information content (AvgIpc) is 1.65. The largest absolute Gasteiger partial charge is 0.303 e. The molecule has 0 amide bonds. The predicted molar refractivity (Wildman–Crippen MR) is 37.9 cm³/mol. The summed E-state index contributed by atoms with van der Waals surface area (Å²) < 4.78 is 1.01. The molecular weight excluding hydrogens is 168 g/mol. The Bertz CT molecular complexity index is 103. The summed E-state index contributed by atoms with van der Waals surface area (Å²) in [4.78, 5) is 9.97. The molecule has 0 rings (SSSR count). The van der Waals surface area contributed by atoms with Crippen molar-refractivity contribution < 1.29 is 4.79 Å². The van der Waals surface area contributed by atoms with Gasteiger partial charge in [-0.15, -0.1) is 0 Å². The molecule has 0 unspecified atom stereocenters. The fourth-order valence-electron chi connectivity index (χ4n) is 0.402. The van der Waals surface area contributed by atoms with Crippen LogP contribution in [0.25, 0.3) is 0 Å². The number of carbonyl (C=O) groups excluding carboxylic acids is 1. The van der Waals surface area contributed by atoms with Crippen molar-refractivity contribution in [3.63, 3.8) is 0 Å². The van der Waals surface area contributed by atoms with E-state index in [4.69, 9.17) is 0 Å². The number of rotatable bonds is 2. The summed E-state index contributed by atoms with van der Waals surface area (Å²) in [5.74, 6) is 0.0365. The maximum absolute atomic E-state index is 9.97. The maximum atomic E-state index is 9.97. The highest BCUT2D eigenvalue weighted by atomic mass is 79.9. The molecule has 0 radical (unpaired) electrons. The van der Waals surface area contributed by atoms with Crippen LogP contribution in [0.3, 0.4) is 0 Å². The average molecular weight is 177 g/mol. The molecule has 0 spiro atoms. The molecule has 8 heavy (non-hydrogen) atoms. The van der Waals surface area contributed by atoms with E-state index in [0.717, 1.165) is 10.8 Å². The first-order chi connectivity index (χ1) is 3.66. The Balaban J connectivity index is 3.68. The molecule has 0 aromatic rings. The van der Waals surface area contributed by atoms with Crippen molar-refractivity contribution >= 4 is 22.2 Å². The van der Waals surface area contributed by atoms with Gasteiger partial charge in [0.2, 0.25) is 0 Å². The van der Waals surface area contributed by atoms with Crippen LogP contribution in [0.1, 0.15) is 13.8 Å². The van der Waals surface area contributed by atoms with Gasteiger partial charge in [0.1, 0.15) is 6.29 Å². The molecule has 0 N–H and O–H groups in total. The third kappa shape index (κ3) is 4.06. The van der Waals surface area contributed by atoms with Gasteiger partial charge in [-0.2, -0.15) is 0 Å². The van der Waals surface area contributed by atoms with Gasteiger partial charge < -0.3 is 4.79 Å². The highest BCUT2D eigenvalue weighted by Gasteiger charge is 1.91. The molecule has 0 aliphatic rings. The summed E-state index contributed by atoms with van der Waals surface area (Å²) in [7, 11) is 0. The van der Waals surface area contributed by atoms with E-state index in [1.165, 1.54) is 0 Å². The highest BCUT2D eigenvalue weighted by molar-refractivity contribution is 9.11. The van der Waals surface area contributed by atoms with E-state index in [0.29, 0.717) is 0 Å². The molecule has 0 aromatic heterocycles. The van der Waals surface area contributed by atoms with Crippen molar-refractivity contribution in [2.75, 3.05) is 0 Å². The lowest BCUT2D eigenvalue weighted by Crippen LogP contribution is -1.88. The lowest BCUT2D eigenvalue weighted by atomic mass is 10.2. The molecule has 0 saturated carbocycles. The fourth-order valence-corrected chi connectivity index (χ4v) is 0.818. The SMILES string of the molecule is C/C(Br)=C/[C@@H](C)C=O. The minimum atomic E-state index is 0.0365. The topological polar surface area (TPSA) is 17.1 Å². The second-order valence-electron chi connectivity index (χ2n) is 1.75. The number of carbonyl (C=O) groups is 1. The molecule has 1 atom stereocenters. The van der Waals surface area contributed by atoms with Crippen LogP contribution in [0.4, 0.5) is 0 Å². The molecule has 0 aromatic carbocycles. The first-order valence-electron chi connectivity index (χ1n) is 2.46. The van der Waals surface area contributed by atoms with Crippen molar-refractivity contribution in [2.45, 2.75) is 13.8 Å². The summed E-state index contributed by atoms with van der Waals surface area (Å²) in [6, 6.07) is 0. The zero-order chi connectivity index (χ0) is 6.57. The van der Waals surface area contributed by atoms with Gasteiger partial charge in [-0.3, -0.25) is 0 Å². The summed E-state index contributed by atoms with van der Waals surface area (Å²) in [6.45, 7) is 3.75. The number of hydrogen-bond acceptors (Lipinski definition) is 1. The van der Waals surface area contributed by atoms with Crippen LogP contribution < -0.4 is 0 Å². The molecule has 46 valence electrons. The Morgan fingerprint density at radius 3 is 2.38 bits per heavy atom. The van der Waals surface area contributed by atoms with Gasteiger partial charge in [0.05, 0.1) is 0 Å². The molecule has 0 aliphatic carbocycles. The minimum absolute atomic E-state index is 0.0365. The summed E-state index contributed by atoms with van der Waals surface area (Å²) in [5, 5.41) is 0. The molecule has 2 heteroatoms. The second kappa shape index (κ2) is 3.84. The number of aldehydes is 1.